The molecular weight excluding hydrogens is 194 g/mol. The average molecular weight is 211 g/mol. The Kier molecular flexibility index (Phi) is 3.20. The van der Waals surface area contributed by atoms with Crippen molar-refractivity contribution in [1.82, 2.24) is 15.5 Å². The van der Waals surface area contributed by atoms with Gasteiger partial charge >= 0.3 is 6.03 Å². The quantitative estimate of drug-likeness (QED) is 0.647. The van der Waals surface area contributed by atoms with Crippen LogP contribution in [0.25, 0.3) is 0 Å². The molecule has 2 N–H and O–H groups in total. The van der Waals surface area contributed by atoms with Crippen molar-refractivity contribution in [2.24, 2.45) is 0 Å². The van der Waals surface area contributed by atoms with E-state index < -0.39 is 0 Å². The summed E-state index contributed by atoms with van der Waals surface area (Å²) in [4.78, 5) is 23.7. The molecule has 2 fully saturated rings. The van der Waals surface area contributed by atoms with E-state index in [0.717, 1.165) is 19.4 Å². The van der Waals surface area contributed by atoms with Crippen molar-refractivity contribution in [3.05, 3.63) is 0 Å². The summed E-state index contributed by atoms with van der Waals surface area (Å²) in [5.74, 6) is -0.0978. The van der Waals surface area contributed by atoms with Gasteiger partial charge in [0, 0.05) is 12.6 Å². The topological polar surface area (TPSA) is 61.4 Å². The van der Waals surface area contributed by atoms with Gasteiger partial charge in [-0.3, -0.25) is 9.69 Å². The number of nitrogens with one attached hydrogen (secondary N) is 2. The van der Waals surface area contributed by atoms with Crippen molar-refractivity contribution in [1.29, 1.82) is 0 Å². The van der Waals surface area contributed by atoms with E-state index in [1.165, 1.54) is 17.7 Å². The lowest BCUT2D eigenvalue weighted by atomic mass is 10.1. The maximum Gasteiger partial charge on any atom is 0.324 e. The van der Waals surface area contributed by atoms with Gasteiger partial charge in [-0.15, -0.1) is 0 Å². The van der Waals surface area contributed by atoms with Crippen molar-refractivity contribution in [2.75, 3.05) is 19.6 Å². The Hall–Kier alpha value is -1.10. The average Bonchev–Trinajstić information content (AvgIpc) is 2.82. The molecule has 0 bridgehead atoms. The van der Waals surface area contributed by atoms with Gasteiger partial charge in [-0.25, -0.2) is 4.79 Å². The van der Waals surface area contributed by atoms with Crippen LogP contribution in [-0.4, -0.2) is 42.5 Å². The van der Waals surface area contributed by atoms with Gasteiger partial charge in [-0.1, -0.05) is 0 Å². The molecule has 0 aromatic carbocycles. The van der Waals surface area contributed by atoms with E-state index in [-0.39, 0.29) is 18.5 Å². The van der Waals surface area contributed by atoms with E-state index in [1.807, 2.05) is 0 Å². The van der Waals surface area contributed by atoms with E-state index in [4.69, 9.17) is 0 Å². The summed E-state index contributed by atoms with van der Waals surface area (Å²) in [6, 6.07) is 0.352. The van der Waals surface area contributed by atoms with Crippen molar-refractivity contribution < 1.29 is 9.59 Å². The Labute approximate surface area is 89.2 Å². The van der Waals surface area contributed by atoms with Crippen LogP contribution in [0.15, 0.2) is 0 Å². The molecule has 2 aliphatic rings. The molecule has 15 heavy (non-hydrogen) atoms. The Balaban J connectivity index is 1.68. The van der Waals surface area contributed by atoms with Crippen LogP contribution < -0.4 is 10.6 Å². The number of rotatable bonds is 4. The minimum Gasteiger partial charge on any atom is -0.329 e. The van der Waals surface area contributed by atoms with Crippen molar-refractivity contribution in [3.8, 4) is 0 Å². The van der Waals surface area contributed by atoms with Crippen LogP contribution in [0.2, 0.25) is 0 Å². The SMILES string of the molecule is O=C1CNC(=O)N1CCCC1CCCN1. The van der Waals surface area contributed by atoms with Crippen LogP contribution >= 0.6 is 0 Å². The van der Waals surface area contributed by atoms with Crippen molar-refractivity contribution in [3.63, 3.8) is 0 Å². The lowest BCUT2D eigenvalue weighted by molar-refractivity contribution is -0.125. The molecular formula is C10H17N3O2. The smallest absolute Gasteiger partial charge is 0.324 e. The van der Waals surface area contributed by atoms with Crippen molar-refractivity contribution >= 4 is 11.9 Å². The summed E-state index contributed by atoms with van der Waals surface area (Å²) in [7, 11) is 0. The first-order chi connectivity index (χ1) is 7.27. The van der Waals surface area contributed by atoms with Gasteiger partial charge in [0.05, 0.1) is 6.54 Å². The third kappa shape index (κ3) is 2.47. The summed E-state index contributed by atoms with van der Waals surface area (Å²) in [6.45, 7) is 1.83. The molecule has 2 rings (SSSR count). The fourth-order valence-electron chi connectivity index (χ4n) is 2.18. The zero-order valence-corrected chi connectivity index (χ0v) is 8.79. The zero-order chi connectivity index (χ0) is 10.7. The van der Waals surface area contributed by atoms with E-state index in [2.05, 4.69) is 10.6 Å². The van der Waals surface area contributed by atoms with Gasteiger partial charge in [0.2, 0.25) is 5.91 Å². The minimum atomic E-state index is -0.237. The standard InChI is InChI=1S/C10H17N3O2/c14-9-7-12-10(15)13(9)6-2-4-8-3-1-5-11-8/h8,11H,1-7H2,(H,12,15). The minimum absolute atomic E-state index is 0.0978. The summed E-state index contributed by atoms with van der Waals surface area (Å²) in [5.41, 5.74) is 0. The molecule has 3 amide bonds. The molecule has 0 spiro atoms. The predicted molar refractivity (Wildman–Crippen MR) is 55.4 cm³/mol. The number of hydrogen-bond donors (Lipinski definition) is 2. The monoisotopic (exact) mass is 211 g/mol. The molecule has 2 aliphatic heterocycles. The molecule has 0 radical (unpaired) electrons. The Morgan fingerprint density at radius 1 is 1.40 bits per heavy atom. The Morgan fingerprint density at radius 3 is 2.87 bits per heavy atom. The molecule has 5 heteroatoms. The van der Waals surface area contributed by atoms with Gasteiger partial charge in [0.15, 0.2) is 0 Å². The number of carbonyl (C=O) groups excluding carboxylic acids is 2. The van der Waals surface area contributed by atoms with E-state index in [9.17, 15) is 9.59 Å². The highest BCUT2D eigenvalue weighted by Crippen LogP contribution is 2.11. The fraction of sp³-hybridized carbons (Fsp3) is 0.800. The van der Waals surface area contributed by atoms with E-state index >= 15 is 0 Å². The van der Waals surface area contributed by atoms with Crippen LogP contribution in [0, 0.1) is 0 Å². The lowest BCUT2D eigenvalue weighted by Crippen LogP contribution is -2.32. The Morgan fingerprint density at radius 2 is 2.27 bits per heavy atom. The first-order valence-corrected chi connectivity index (χ1v) is 5.59. The lowest BCUT2D eigenvalue weighted by Gasteiger charge is -2.14. The highest BCUT2D eigenvalue weighted by atomic mass is 16.2. The number of carbonyl (C=O) groups is 2. The Bertz CT molecular complexity index is 245. The molecule has 0 aromatic rings. The fourth-order valence-corrected chi connectivity index (χ4v) is 2.18. The molecule has 0 aliphatic carbocycles. The maximum atomic E-state index is 11.2. The highest BCUT2D eigenvalue weighted by molar-refractivity contribution is 6.01. The largest absolute Gasteiger partial charge is 0.329 e. The van der Waals surface area contributed by atoms with Crippen LogP contribution in [0.5, 0.6) is 0 Å². The molecule has 0 saturated carbocycles. The molecule has 0 aromatic heterocycles. The van der Waals surface area contributed by atoms with Gasteiger partial charge in [0.1, 0.15) is 0 Å². The van der Waals surface area contributed by atoms with Gasteiger partial charge in [0.25, 0.3) is 0 Å². The summed E-state index contributed by atoms with van der Waals surface area (Å²) >= 11 is 0. The molecule has 1 unspecified atom stereocenters. The van der Waals surface area contributed by atoms with E-state index in [1.54, 1.807) is 0 Å². The van der Waals surface area contributed by atoms with Gasteiger partial charge in [-0.05, 0) is 32.2 Å². The number of nitrogens with zero attached hydrogens (tertiary/aromatic N) is 1. The third-order valence-corrected chi connectivity index (χ3v) is 3.03. The number of imide groups is 1. The number of amides is 3. The van der Waals surface area contributed by atoms with Crippen LogP contribution in [0.3, 0.4) is 0 Å². The van der Waals surface area contributed by atoms with E-state index in [0.29, 0.717) is 12.6 Å². The zero-order valence-electron chi connectivity index (χ0n) is 8.79. The van der Waals surface area contributed by atoms with Gasteiger partial charge in [-0.2, -0.15) is 0 Å². The summed E-state index contributed by atoms with van der Waals surface area (Å²) < 4.78 is 0. The molecule has 1 atom stereocenters. The number of urea groups is 1. The predicted octanol–water partition coefficient (Wildman–Crippen LogP) is 0.0704. The second kappa shape index (κ2) is 4.61. The molecule has 5 nitrogen and oxygen atoms in total. The molecule has 2 heterocycles. The second-order valence-electron chi connectivity index (χ2n) is 4.14. The first kappa shape index (κ1) is 10.4. The second-order valence-corrected chi connectivity index (χ2v) is 4.14. The normalized spacial score (nSPS) is 26.1. The van der Waals surface area contributed by atoms with Gasteiger partial charge < -0.3 is 10.6 Å². The third-order valence-electron chi connectivity index (χ3n) is 3.03. The molecule has 84 valence electrons. The van der Waals surface area contributed by atoms with Crippen LogP contribution in [0.4, 0.5) is 4.79 Å². The number of hydrogen-bond acceptors (Lipinski definition) is 3. The first-order valence-electron chi connectivity index (χ1n) is 5.59. The molecule has 2 saturated heterocycles. The summed E-state index contributed by atoms with van der Waals surface area (Å²) in [6.07, 6.45) is 4.42. The van der Waals surface area contributed by atoms with Crippen LogP contribution in [0.1, 0.15) is 25.7 Å². The highest BCUT2D eigenvalue weighted by Gasteiger charge is 2.27. The van der Waals surface area contributed by atoms with Crippen LogP contribution in [-0.2, 0) is 4.79 Å². The maximum absolute atomic E-state index is 11.2. The van der Waals surface area contributed by atoms with Crippen molar-refractivity contribution in [2.45, 2.75) is 31.7 Å². The summed E-state index contributed by atoms with van der Waals surface area (Å²) in [5, 5.41) is 5.92.